The van der Waals surface area contributed by atoms with E-state index < -0.39 is 15.6 Å². The Morgan fingerprint density at radius 2 is 1.79 bits per heavy atom. The van der Waals surface area contributed by atoms with E-state index in [0.29, 0.717) is 0 Å². The van der Waals surface area contributed by atoms with Crippen molar-refractivity contribution in [2.75, 3.05) is 19.3 Å². The van der Waals surface area contributed by atoms with Crippen LogP contribution in [0.25, 0.3) is 0 Å². The normalized spacial score (nSPS) is 14.6. The lowest BCUT2D eigenvalue weighted by Crippen LogP contribution is -2.41. The Bertz CT molecular complexity index is 491. The summed E-state index contributed by atoms with van der Waals surface area (Å²) in [5, 5.41) is 9.70. The highest BCUT2D eigenvalue weighted by Crippen LogP contribution is 2.19. The third kappa shape index (κ3) is 5.30. The molecule has 0 saturated carbocycles. The first-order chi connectivity index (χ1) is 8.62. The van der Waals surface area contributed by atoms with Crippen molar-refractivity contribution in [2.45, 2.75) is 32.3 Å². The van der Waals surface area contributed by atoms with E-state index in [0.717, 1.165) is 5.56 Å². The predicted octanol–water partition coefficient (Wildman–Crippen LogP) is 1.82. The molecule has 1 atom stereocenters. The fourth-order valence-corrected chi connectivity index (χ4v) is 3.56. The Kier molecular flexibility index (Phi) is 5.12. The summed E-state index contributed by atoms with van der Waals surface area (Å²) in [4.78, 5) is 0. The number of likely N-dealkylation sites (N-methyl/N-ethyl adjacent to an activating group) is 1. The van der Waals surface area contributed by atoms with E-state index in [9.17, 15) is 13.5 Å². The predicted molar refractivity (Wildman–Crippen MR) is 77.6 cm³/mol. The van der Waals surface area contributed by atoms with Crippen LogP contribution in [0.2, 0.25) is 0 Å². The minimum atomic E-state index is -3.37. The van der Waals surface area contributed by atoms with Crippen molar-refractivity contribution in [2.24, 2.45) is 0 Å². The molecule has 0 heterocycles. The van der Waals surface area contributed by atoms with Gasteiger partial charge >= 0.3 is 0 Å². The Hall–Kier alpha value is -0.910. The van der Waals surface area contributed by atoms with Crippen LogP contribution in [-0.4, -0.2) is 42.8 Å². The maximum atomic E-state index is 12.2. The van der Waals surface area contributed by atoms with Crippen molar-refractivity contribution in [1.29, 1.82) is 0 Å². The van der Waals surface area contributed by atoms with Gasteiger partial charge in [-0.1, -0.05) is 37.3 Å². The molecule has 1 rings (SSSR count). The largest absolute Gasteiger partial charge is 0.389 e. The van der Waals surface area contributed by atoms with Gasteiger partial charge in [0.05, 0.1) is 11.4 Å². The van der Waals surface area contributed by atoms with E-state index in [-0.39, 0.29) is 18.2 Å². The summed E-state index contributed by atoms with van der Waals surface area (Å²) < 4.78 is 25.6. The highest BCUT2D eigenvalue weighted by molar-refractivity contribution is 7.89. The molecule has 0 saturated heterocycles. The van der Waals surface area contributed by atoms with Gasteiger partial charge in [-0.2, -0.15) is 0 Å². The Labute approximate surface area is 116 Å². The highest BCUT2D eigenvalue weighted by Gasteiger charge is 2.26. The van der Waals surface area contributed by atoms with E-state index in [4.69, 9.17) is 0 Å². The number of benzene rings is 1. The molecule has 19 heavy (non-hydrogen) atoms. The summed E-state index contributed by atoms with van der Waals surface area (Å²) in [5.41, 5.74) is -0.0274. The van der Waals surface area contributed by atoms with E-state index in [1.54, 1.807) is 13.8 Å². The van der Waals surface area contributed by atoms with Crippen LogP contribution in [0.5, 0.6) is 0 Å². The van der Waals surface area contributed by atoms with E-state index in [2.05, 4.69) is 0 Å². The van der Waals surface area contributed by atoms with E-state index in [1.807, 2.05) is 37.3 Å². The van der Waals surface area contributed by atoms with Crippen molar-refractivity contribution in [1.82, 2.24) is 4.31 Å². The summed E-state index contributed by atoms with van der Waals surface area (Å²) in [7, 11) is -1.86. The monoisotopic (exact) mass is 285 g/mol. The average molecular weight is 285 g/mol. The molecule has 0 amide bonds. The molecule has 0 radical (unpaired) electrons. The van der Waals surface area contributed by atoms with E-state index in [1.165, 1.54) is 11.4 Å². The molecule has 108 valence electrons. The van der Waals surface area contributed by atoms with Crippen LogP contribution in [0, 0.1) is 0 Å². The van der Waals surface area contributed by atoms with Gasteiger partial charge in [0, 0.05) is 13.6 Å². The summed E-state index contributed by atoms with van der Waals surface area (Å²) >= 11 is 0. The van der Waals surface area contributed by atoms with Gasteiger partial charge in [0.2, 0.25) is 10.0 Å². The SMILES string of the molecule is CC(CS(=O)(=O)N(C)CC(C)(C)O)c1ccccc1. The average Bonchev–Trinajstić information content (AvgIpc) is 2.27. The lowest BCUT2D eigenvalue weighted by molar-refractivity contribution is 0.0639. The molecule has 1 unspecified atom stereocenters. The number of nitrogens with zero attached hydrogens (tertiary/aromatic N) is 1. The first-order valence-electron chi connectivity index (χ1n) is 6.33. The maximum Gasteiger partial charge on any atom is 0.214 e. The van der Waals surface area contributed by atoms with Gasteiger partial charge in [0.25, 0.3) is 0 Å². The van der Waals surface area contributed by atoms with Gasteiger partial charge in [-0.25, -0.2) is 12.7 Å². The van der Waals surface area contributed by atoms with Crippen LogP contribution in [0.1, 0.15) is 32.3 Å². The number of rotatable bonds is 6. The fraction of sp³-hybridized carbons (Fsp3) is 0.571. The van der Waals surface area contributed by atoms with Crippen LogP contribution in [0.15, 0.2) is 30.3 Å². The minimum absolute atomic E-state index is 0.0452. The molecule has 0 aromatic heterocycles. The van der Waals surface area contributed by atoms with Gasteiger partial charge < -0.3 is 5.11 Å². The number of hydrogen-bond acceptors (Lipinski definition) is 3. The Morgan fingerprint density at radius 1 is 1.26 bits per heavy atom. The standard InChI is InChI=1S/C14H23NO3S/c1-12(13-8-6-5-7-9-13)10-19(17,18)15(4)11-14(2,3)16/h5-9,12,16H,10-11H2,1-4H3. The molecular weight excluding hydrogens is 262 g/mol. The molecule has 1 aromatic rings. The molecule has 1 N–H and O–H groups in total. The quantitative estimate of drug-likeness (QED) is 0.867. The molecule has 0 spiro atoms. The molecule has 0 aliphatic rings. The molecule has 4 nitrogen and oxygen atoms in total. The molecule has 1 aromatic carbocycles. The molecular formula is C14H23NO3S. The number of hydrogen-bond donors (Lipinski definition) is 1. The van der Waals surface area contributed by atoms with E-state index >= 15 is 0 Å². The van der Waals surface area contributed by atoms with Crippen molar-refractivity contribution < 1.29 is 13.5 Å². The second-order valence-corrected chi connectivity index (χ2v) is 7.78. The second kappa shape index (κ2) is 6.03. The van der Waals surface area contributed by atoms with Crippen LogP contribution in [0.4, 0.5) is 0 Å². The maximum absolute atomic E-state index is 12.2. The van der Waals surface area contributed by atoms with Crippen LogP contribution < -0.4 is 0 Å². The lowest BCUT2D eigenvalue weighted by atomic mass is 10.0. The van der Waals surface area contributed by atoms with Gasteiger partial charge in [0.1, 0.15) is 0 Å². The van der Waals surface area contributed by atoms with Crippen molar-refractivity contribution >= 4 is 10.0 Å². The summed E-state index contributed by atoms with van der Waals surface area (Å²) in [5.74, 6) is -0.0284. The first-order valence-corrected chi connectivity index (χ1v) is 7.94. The highest BCUT2D eigenvalue weighted by atomic mass is 32.2. The zero-order chi connectivity index (χ0) is 14.7. The van der Waals surface area contributed by atoms with Crippen LogP contribution in [-0.2, 0) is 10.0 Å². The zero-order valence-corrected chi connectivity index (χ0v) is 12.8. The summed E-state index contributed by atoms with van der Waals surface area (Å²) in [6.07, 6.45) is 0. The molecule has 5 heteroatoms. The molecule has 0 aliphatic heterocycles. The van der Waals surface area contributed by atoms with Crippen molar-refractivity contribution in [3.05, 3.63) is 35.9 Å². The smallest absolute Gasteiger partial charge is 0.214 e. The first kappa shape index (κ1) is 16.1. The molecule has 0 bridgehead atoms. The lowest BCUT2D eigenvalue weighted by Gasteiger charge is -2.26. The Morgan fingerprint density at radius 3 is 2.26 bits per heavy atom. The minimum Gasteiger partial charge on any atom is -0.389 e. The van der Waals surface area contributed by atoms with Gasteiger partial charge in [-0.15, -0.1) is 0 Å². The zero-order valence-electron chi connectivity index (χ0n) is 12.0. The van der Waals surface area contributed by atoms with Crippen LogP contribution >= 0.6 is 0 Å². The Balaban J connectivity index is 2.75. The topological polar surface area (TPSA) is 57.6 Å². The summed E-state index contributed by atoms with van der Waals surface area (Å²) in [6.45, 7) is 5.18. The van der Waals surface area contributed by atoms with Crippen molar-refractivity contribution in [3.63, 3.8) is 0 Å². The fourth-order valence-electron chi connectivity index (χ4n) is 1.96. The number of sulfonamides is 1. The van der Waals surface area contributed by atoms with Crippen LogP contribution in [0.3, 0.4) is 0 Å². The molecule has 0 fully saturated rings. The number of aliphatic hydroxyl groups is 1. The second-order valence-electron chi connectivity index (χ2n) is 5.66. The van der Waals surface area contributed by atoms with Gasteiger partial charge in [-0.3, -0.25) is 0 Å². The molecule has 0 aliphatic carbocycles. The van der Waals surface area contributed by atoms with Crippen molar-refractivity contribution in [3.8, 4) is 0 Å². The van der Waals surface area contributed by atoms with Gasteiger partial charge in [-0.05, 0) is 25.3 Å². The van der Waals surface area contributed by atoms with Gasteiger partial charge in [0.15, 0.2) is 0 Å². The summed E-state index contributed by atoms with van der Waals surface area (Å²) in [6, 6.07) is 9.56. The third-order valence-electron chi connectivity index (χ3n) is 2.91. The third-order valence-corrected chi connectivity index (χ3v) is 4.91.